The van der Waals surface area contributed by atoms with Gasteiger partial charge in [0.1, 0.15) is 5.82 Å². The zero-order valence-electron chi connectivity index (χ0n) is 15.3. The van der Waals surface area contributed by atoms with Crippen LogP contribution in [-0.4, -0.2) is 46.9 Å². The predicted octanol–water partition coefficient (Wildman–Crippen LogP) is 0.882. The van der Waals surface area contributed by atoms with E-state index in [0.717, 1.165) is 0 Å². The van der Waals surface area contributed by atoms with Gasteiger partial charge < -0.3 is 15.6 Å². The molecule has 27 heavy (non-hydrogen) atoms. The van der Waals surface area contributed by atoms with Crippen LogP contribution in [0.3, 0.4) is 0 Å². The number of fused-ring (bicyclic) bond motifs is 1. The summed E-state index contributed by atoms with van der Waals surface area (Å²) in [5, 5.41) is 6.17. The lowest BCUT2D eigenvalue weighted by Gasteiger charge is -2.37. The van der Waals surface area contributed by atoms with E-state index in [1.165, 1.54) is 12.1 Å². The summed E-state index contributed by atoms with van der Waals surface area (Å²) in [4.78, 5) is 41.2. The molecule has 7 nitrogen and oxygen atoms in total. The molecule has 1 saturated heterocycles. The molecule has 1 aliphatic rings. The van der Waals surface area contributed by atoms with Crippen LogP contribution in [0.15, 0.2) is 29.1 Å². The number of aromatic nitrogens is 1. The van der Waals surface area contributed by atoms with Crippen LogP contribution < -0.4 is 16.2 Å². The Morgan fingerprint density at radius 1 is 1.33 bits per heavy atom. The first-order chi connectivity index (χ1) is 12.8. The van der Waals surface area contributed by atoms with Gasteiger partial charge in [-0.05, 0) is 43.5 Å². The Hall–Kier alpha value is -2.74. The van der Waals surface area contributed by atoms with Crippen molar-refractivity contribution < 1.29 is 14.0 Å². The summed E-state index contributed by atoms with van der Waals surface area (Å²) in [5.74, 6) is -0.892. The topological polar surface area (TPSA) is 94.3 Å². The predicted molar refractivity (Wildman–Crippen MR) is 99.6 cm³/mol. The van der Waals surface area contributed by atoms with Gasteiger partial charge in [0.15, 0.2) is 0 Å². The van der Waals surface area contributed by atoms with Gasteiger partial charge in [-0.3, -0.25) is 19.3 Å². The lowest BCUT2D eigenvalue weighted by molar-refractivity contribution is -0.134. The van der Waals surface area contributed by atoms with Crippen LogP contribution in [0.25, 0.3) is 10.9 Å². The van der Waals surface area contributed by atoms with E-state index in [4.69, 9.17) is 0 Å². The molecule has 0 unspecified atom stereocenters. The molecule has 1 aliphatic heterocycles. The van der Waals surface area contributed by atoms with Crippen molar-refractivity contribution in [3.8, 4) is 0 Å². The highest BCUT2D eigenvalue weighted by molar-refractivity contribution is 5.89. The van der Waals surface area contributed by atoms with Gasteiger partial charge in [0.2, 0.25) is 11.8 Å². The standard InChI is InChI=1S/C19H23FN4O3/c1-11(2)24-6-5-21-19(27)16(24)9-17(25)22-10-13-7-12-3-4-14(20)8-15(12)23-18(13)26/h3-4,7-8,11,16H,5-6,9-10H2,1-2H3,(H,21,27)(H,22,25)(H,23,26)/t16-/m0/s1. The van der Waals surface area contributed by atoms with Crippen molar-refractivity contribution in [1.29, 1.82) is 0 Å². The number of nitrogens with one attached hydrogen (secondary N) is 3. The molecule has 0 bridgehead atoms. The monoisotopic (exact) mass is 374 g/mol. The average Bonchev–Trinajstić information content (AvgIpc) is 2.61. The molecule has 2 aromatic rings. The molecule has 0 aliphatic carbocycles. The number of amides is 2. The Bertz CT molecular complexity index is 925. The summed E-state index contributed by atoms with van der Waals surface area (Å²) in [6, 6.07) is 5.39. The molecule has 8 heteroatoms. The number of carbonyl (C=O) groups is 2. The van der Waals surface area contributed by atoms with E-state index in [-0.39, 0.29) is 36.4 Å². The number of rotatable bonds is 5. The number of halogens is 1. The molecule has 0 saturated carbocycles. The molecule has 1 aromatic heterocycles. The summed E-state index contributed by atoms with van der Waals surface area (Å²) in [5.41, 5.74) is 0.394. The first-order valence-electron chi connectivity index (χ1n) is 8.97. The molecule has 3 N–H and O–H groups in total. The molecular formula is C19H23FN4O3. The fourth-order valence-electron chi connectivity index (χ4n) is 3.35. The van der Waals surface area contributed by atoms with Gasteiger partial charge >= 0.3 is 0 Å². The van der Waals surface area contributed by atoms with Crippen molar-refractivity contribution in [3.63, 3.8) is 0 Å². The number of H-pyrrole nitrogens is 1. The van der Waals surface area contributed by atoms with E-state index in [0.29, 0.717) is 29.6 Å². The maximum absolute atomic E-state index is 13.2. The minimum absolute atomic E-state index is 0.0285. The minimum atomic E-state index is -0.517. The van der Waals surface area contributed by atoms with Crippen LogP contribution in [0.2, 0.25) is 0 Å². The molecule has 2 amide bonds. The van der Waals surface area contributed by atoms with E-state index in [2.05, 4.69) is 15.6 Å². The Kier molecular flexibility index (Phi) is 5.55. The highest BCUT2D eigenvalue weighted by Crippen LogP contribution is 2.14. The summed E-state index contributed by atoms with van der Waals surface area (Å²) in [6.07, 6.45) is 0.0285. The van der Waals surface area contributed by atoms with Gasteiger partial charge in [-0.1, -0.05) is 0 Å². The zero-order valence-corrected chi connectivity index (χ0v) is 15.3. The lowest BCUT2D eigenvalue weighted by atomic mass is 10.1. The molecule has 2 heterocycles. The maximum Gasteiger partial charge on any atom is 0.253 e. The van der Waals surface area contributed by atoms with Crippen LogP contribution in [0.4, 0.5) is 4.39 Å². The number of hydrogen-bond acceptors (Lipinski definition) is 4. The van der Waals surface area contributed by atoms with Gasteiger partial charge in [0.05, 0.1) is 18.0 Å². The van der Waals surface area contributed by atoms with Gasteiger partial charge in [-0.2, -0.15) is 0 Å². The number of hydrogen-bond donors (Lipinski definition) is 3. The van der Waals surface area contributed by atoms with Crippen LogP contribution in [0, 0.1) is 5.82 Å². The quantitative estimate of drug-likeness (QED) is 0.724. The molecule has 3 rings (SSSR count). The Morgan fingerprint density at radius 3 is 2.85 bits per heavy atom. The van der Waals surface area contributed by atoms with Gasteiger partial charge in [-0.25, -0.2) is 4.39 Å². The second-order valence-corrected chi connectivity index (χ2v) is 6.97. The second-order valence-electron chi connectivity index (χ2n) is 6.97. The fourth-order valence-corrected chi connectivity index (χ4v) is 3.35. The SMILES string of the molecule is CC(C)N1CCNC(=O)[C@@H]1CC(=O)NCc1cc2ccc(F)cc2[nH]c1=O. The van der Waals surface area contributed by atoms with Crippen LogP contribution in [-0.2, 0) is 16.1 Å². The number of benzene rings is 1. The number of pyridine rings is 1. The van der Waals surface area contributed by atoms with Crippen molar-refractivity contribution in [1.82, 2.24) is 20.5 Å². The molecule has 0 spiro atoms. The van der Waals surface area contributed by atoms with E-state index >= 15 is 0 Å². The minimum Gasteiger partial charge on any atom is -0.353 e. The average molecular weight is 374 g/mol. The first-order valence-corrected chi connectivity index (χ1v) is 8.97. The molecule has 144 valence electrons. The Morgan fingerprint density at radius 2 is 2.11 bits per heavy atom. The van der Waals surface area contributed by atoms with Gasteiger partial charge in [0.25, 0.3) is 5.56 Å². The van der Waals surface area contributed by atoms with Crippen LogP contribution in [0.1, 0.15) is 25.8 Å². The molecule has 1 fully saturated rings. The second kappa shape index (κ2) is 7.87. The number of aromatic amines is 1. The normalized spacial score (nSPS) is 17.9. The Balaban J connectivity index is 1.67. The third-order valence-corrected chi connectivity index (χ3v) is 4.78. The lowest BCUT2D eigenvalue weighted by Crippen LogP contribution is -2.58. The molecule has 0 radical (unpaired) electrons. The van der Waals surface area contributed by atoms with Gasteiger partial charge in [-0.15, -0.1) is 0 Å². The number of nitrogens with zero attached hydrogens (tertiary/aromatic N) is 1. The first kappa shape index (κ1) is 19.0. The van der Waals surface area contributed by atoms with Crippen molar-refractivity contribution in [2.75, 3.05) is 13.1 Å². The number of piperazine rings is 1. The maximum atomic E-state index is 13.2. The highest BCUT2D eigenvalue weighted by Gasteiger charge is 2.32. The number of carbonyl (C=O) groups excluding carboxylic acids is 2. The molecule has 1 aromatic carbocycles. The highest BCUT2D eigenvalue weighted by atomic mass is 19.1. The van der Waals surface area contributed by atoms with Crippen molar-refractivity contribution in [2.45, 2.75) is 38.9 Å². The molecule has 1 atom stereocenters. The van der Waals surface area contributed by atoms with Crippen LogP contribution in [0.5, 0.6) is 0 Å². The van der Waals surface area contributed by atoms with E-state index in [1.807, 2.05) is 18.7 Å². The summed E-state index contributed by atoms with van der Waals surface area (Å²) < 4.78 is 13.2. The smallest absolute Gasteiger partial charge is 0.253 e. The largest absolute Gasteiger partial charge is 0.353 e. The Labute approximate surface area is 155 Å². The third kappa shape index (κ3) is 4.33. The van der Waals surface area contributed by atoms with E-state index in [1.54, 1.807) is 12.1 Å². The summed E-state index contributed by atoms with van der Waals surface area (Å²) in [6.45, 7) is 5.28. The van der Waals surface area contributed by atoms with E-state index in [9.17, 15) is 18.8 Å². The summed E-state index contributed by atoms with van der Waals surface area (Å²) >= 11 is 0. The van der Waals surface area contributed by atoms with Gasteiger partial charge in [0, 0.05) is 31.2 Å². The summed E-state index contributed by atoms with van der Waals surface area (Å²) in [7, 11) is 0. The fraction of sp³-hybridized carbons (Fsp3) is 0.421. The van der Waals surface area contributed by atoms with Crippen LogP contribution >= 0.6 is 0 Å². The zero-order chi connectivity index (χ0) is 19.6. The third-order valence-electron chi connectivity index (χ3n) is 4.78. The van der Waals surface area contributed by atoms with E-state index < -0.39 is 11.9 Å². The molecular weight excluding hydrogens is 351 g/mol. The van der Waals surface area contributed by atoms with Crippen molar-refractivity contribution in [3.05, 3.63) is 46.0 Å². The van der Waals surface area contributed by atoms with Crippen molar-refractivity contribution in [2.24, 2.45) is 0 Å². The van der Waals surface area contributed by atoms with Crippen molar-refractivity contribution >= 4 is 22.7 Å².